The minimum Gasteiger partial charge on any atom is -0.455 e. The smallest absolute Gasteiger partial charge is 0.144 e. The molecular formula is C36H20ClNOS. The highest BCUT2D eigenvalue weighted by atomic mass is 35.5. The van der Waals surface area contributed by atoms with Crippen molar-refractivity contribution in [3.8, 4) is 16.8 Å². The van der Waals surface area contributed by atoms with Gasteiger partial charge in [-0.2, -0.15) is 0 Å². The molecule has 0 radical (unpaired) electrons. The van der Waals surface area contributed by atoms with E-state index < -0.39 is 0 Å². The van der Waals surface area contributed by atoms with Crippen molar-refractivity contribution in [2.24, 2.45) is 0 Å². The predicted molar refractivity (Wildman–Crippen MR) is 171 cm³/mol. The second-order valence-electron chi connectivity index (χ2n) is 10.3. The quantitative estimate of drug-likeness (QED) is 0.210. The highest BCUT2D eigenvalue weighted by Crippen LogP contribution is 2.45. The van der Waals surface area contributed by atoms with Gasteiger partial charge in [0.1, 0.15) is 11.2 Å². The lowest BCUT2D eigenvalue weighted by molar-refractivity contribution is 0.673. The molecule has 4 heteroatoms. The van der Waals surface area contributed by atoms with Gasteiger partial charge in [-0.25, -0.2) is 0 Å². The summed E-state index contributed by atoms with van der Waals surface area (Å²) in [6.45, 7) is 0. The van der Waals surface area contributed by atoms with Crippen LogP contribution in [0.1, 0.15) is 0 Å². The van der Waals surface area contributed by atoms with Gasteiger partial charge < -0.3 is 8.98 Å². The molecule has 0 fully saturated rings. The molecule has 0 aliphatic carbocycles. The molecule has 0 spiro atoms. The number of hydrogen-bond donors (Lipinski definition) is 0. The minimum absolute atomic E-state index is 0.754. The summed E-state index contributed by atoms with van der Waals surface area (Å²) in [6.07, 6.45) is 0. The number of aromatic nitrogens is 1. The van der Waals surface area contributed by atoms with Crippen molar-refractivity contribution >= 4 is 86.9 Å². The molecule has 0 aliphatic heterocycles. The fourth-order valence-electron chi connectivity index (χ4n) is 6.28. The molecule has 9 rings (SSSR count). The van der Waals surface area contributed by atoms with E-state index in [0.717, 1.165) is 59.2 Å². The Labute approximate surface area is 238 Å². The Bertz CT molecular complexity index is 2450. The maximum atomic E-state index is 7.05. The zero-order valence-electron chi connectivity index (χ0n) is 21.2. The van der Waals surface area contributed by atoms with Crippen LogP contribution in [0.5, 0.6) is 0 Å². The van der Waals surface area contributed by atoms with Crippen molar-refractivity contribution < 1.29 is 4.42 Å². The summed E-state index contributed by atoms with van der Waals surface area (Å²) < 4.78 is 11.1. The summed E-state index contributed by atoms with van der Waals surface area (Å²) in [5, 5.41) is 7.73. The van der Waals surface area contributed by atoms with E-state index in [-0.39, 0.29) is 0 Å². The van der Waals surface area contributed by atoms with E-state index in [4.69, 9.17) is 16.0 Å². The lowest BCUT2D eigenvalue weighted by Gasteiger charge is -2.10. The Morgan fingerprint density at radius 3 is 2.25 bits per heavy atom. The van der Waals surface area contributed by atoms with Crippen molar-refractivity contribution in [2.45, 2.75) is 0 Å². The summed E-state index contributed by atoms with van der Waals surface area (Å²) in [7, 11) is 0. The number of thiophene rings is 1. The van der Waals surface area contributed by atoms with Crippen LogP contribution in [0.2, 0.25) is 5.02 Å². The minimum atomic E-state index is 0.754. The molecule has 0 bridgehead atoms. The molecule has 40 heavy (non-hydrogen) atoms. The average Bonchev–Trinajstić information content (AvgIpc) is 3.67. The van der Waals surface area contributed by atoms with Crippen molar-refractivity contribution in [1.82, 2.24) is 4.57 Å². The molecule has 0 saturated heterocycles. The number of hydrogen-bond acceptors (Lipinski definition) is 2. The maximum Gasteiger partial charge on any atom is 0.144 e. The number of para-hydroxylation sites is 2. The lowest BCUT2D eigenvalue weighted by atomic mass is 10.0. The Morgan fingerprint density at radius 2 is 1.35 bits per heavy atom. The molecule has 3 heterocycles. The Hall–Kier alpha value is -4.57. The van der Waals surface area contributed by atoms with E-state index in [1.807, 2.05) is 12.1 Å². The van der Waals surface area contributed by atoms with Crippen LogP contribution < -0.4 is 0 Å². The van der Waals surface area contributed by atoms with Gasteiger partial charge in [0.25, 0.3) is 0 Å². The molecule has 2 nitrogen and oxygen atoms in total. The number of benzene rings is 6. The van der Waals surface area contributed by atoms with Crippen molar-refractivity contribution in [3.63, 3.8) is 0 Å². The number of halogens is 1. The zero-order valence-corrected chi connectivity index (χ0v) is 22.8. The molecule has 6 aromatic carbocycles. The number of furan rings is 1. The first-order valence-electron chi connectivity index (χ1n) is 13.3. The second kappa shape index (κ2) is 8.22. The summed E-state index contributed by atoms with van der Waals surface area (Å²) >= 11 is 8.78. The number of rotatable bonds is 2. The van der Waals surface area contributed by atoms with E-state index in [1.165, 1.54) is 26.6 Å². The number of fused-ring (bicyclic) bond motifs is 10. The third-order valence-corrected chi connectivity index (χ3v) is 9.67. The van der Waals surface area contributed by atoms with Gasteiger partial charge in [-0.15, -0.1) is 11.3 Å². The van der Waals surface area contributed by atoms with Gasteiger partial charge >= 0.3 is 0 Å². The summed E-state index contributed by atoms with van der Waals surface area (Å²) in [5.74, 6) is 0. The van der Waals surface area contributed by atoms with Gasteiger partial charge in [-0.1, -0.05) is 84.4 Å². The standard InChI is InChI=1S/C36H20ClNOS/c37-29-20-23(19-28-34-33(40-36(28)29)17-15-26-25-11-5-7-13-32(25)39-35(26)34)38-30-12-6-4-10-24(30)27-18-22(14-16-31(27)38)21-8-2-1-3-9-21/h1-20H. The Kier molecular flexibility index (Phi) is 4.57. The molecule has 3 aromatic heterocycles. The Morgan fingerprint density at radius 1 is 0.575 bits per heavy atom. The van der Waals surface area contributed by atoms with Gasteiger partial charge in [0.2, 0.25) is 0 Å². The van der Waals surface area contributed by atoms with Crippen LogP contribution in [0, 0.1) is 0 Å². The molecule has 0 unspecified atom stereocenters. The SMILES string of the molecule is Clc1cc(-n2c3ccccc3c3cc(-c4ccccc4)ccc32)cc2c1sc1ccc3c4ccccc4oc3c12. The molecule has 9 aromatic rings. The molecule has 0 N–H and O–H groups in total. The van der Waals surface area contributed by atoms with Gasteiger partial charge in [0.05, 0.1) is 20.8 Å². The van der Waals surface area contributed by atoms with E-state index >= 15 is 0 Å². The first-order chi connectivity index (χ1) is 19.7. The van der Waals surface area contributed by atoms with Crippen molar-refractivity contribution in [2.75, 3.05) is 0 Å². The van der Waals surface area contributed by atoms with Crippen molar-refractivity contribution in [3.05, 3.63) is 126 Å². The summed E-state index contributed by atoms with van der Waals surface area (Å²) in [4.78, 5) is 0. The third-order valence-electron chi connectivity index (χ3n) is 8.06. The maximum absolute atomic E-state index is 7.05. The van der Waals surface area contributed by atoms with E-state index in [2.05, 4.69) is 114 Å². The zero-order chi connectivity index (χ0) is 26.4. The van der Waals surface area contributed by atoms with Crippen molar-refractivity contribution in [1.29, 1.82) is 0 Å². The molecule has 0 aliphatic rings. The van der Waals surface area contributed by atoms with Gasteiger partial charge in [-0.3, -0.25) is 0 Å². The lowest BCUT2D eigenvalue weighted by Crippen LogP contribution is -1.94. The topological polar surface area (TPSA) is 18.1 Å². The Balaban J connectivity index is 1.37. The van der Waals surface area contributed by atoms with Crippen LogP contribution in [-0.4, -0.2) is 4.57 Å². The van der Waals surface area contributed by atoms with Gasteiger partial charge in [-0.05, 0) is 59.7 Å². The van der Waals surface area contributed by atoms with Crippen LogP contribution in [0.25, 0.3) is 80.7 Å². The number of nitrogens with zero attached hydrogens (tertiary/aromatic N) is 1. The summed E-state index contributed by atoms with van der Waals surface area (Å²) in [5.41, 5.74) is 7.61. The van der Waals surface area contributed by atoms with Crippen LogP contribution in [-0.2, 0) is 0 Å². The average molecular weight is 550 g/mol. The first kappa shape index (κ1) is 22.3. The van der Waals surface area contributed by atoms with E-state index in [1.54, 1.807) is 11.3 Å². The highest BCUT2D eigenvalue weighted by Gasteiger charge is 2.19. The molecule has 188 valence electrons. The van der Waals surface area contributed by atoms with E-state index in [0.29, 0.717) is 0 Å². The monoisotopic (exact) mass is 549 g/mol. The van der Waals surface area contributed by atoms with Crippen LogP contribution in [0.15, 0.2) is 126 Å². The summed E-state index contributed by atoms with van der Waals surface area (Å²) in [6, 6.07) is 42.9. The van der Waals surface area contributed by atoms with Crippen LogP contribution in [0.4, 0.5) is 0 Å². The van der Waals surface area contributed by atoms with E-state index in [9.17, 15) is 0 Å². The molecule has 0 atom stereocenters. The fourth-order valence-corrected chi connectivity index (χ4v) is 7.70. The van der Waals surface area contributed by atoms with Gasteiger partial charge in [0, 0.05) is 42.7 Å². The third kappa shape index (κ3) is 3.05. The normalized spacial score (nSPS) is 12.1. The predicted octanol–water partition coefficient (Wildman–Crippen LogP) is 11.4. The fraction of sp³-hybridized carbons (Fsp3) is 0. The molecule has 0 saturated carbocycles. The largest absolute Gasteiger partial charge is 0.455 e. The second-order valence-corrected chi connectivity index (χ2v) is 11.7. The molecular weight excluding hydrogens is 530 g/mol. The van der Waals surface area contributed by atoms with Gasteiger partial charge in [0.15, 0.2) is 0 Å². The van der Waals surface area contributed by atoms with Crippen LogP contribution >= 0.6 is 22.9 Å². The first-order valence-corrected chi connectivity index (χ1v) is 14.5. The van der Waals surface area contributed by atoms with Crippen LogP contribution in [0.3, 0.4) is 0 Å². The highest BCUT2D eigenvalue weighted by molar-refractivity contribution is 7.26. The molecule has 0 amide bonds.